The predicted molar refractivity (Wildman–Crippen MR) is 84.2 cm³/mol. The summed E-state index contributed by atoms with van der Waals surface area (Å²) < 4.78 is 17.1. The molecule has 0 aromatic heterocycles. The maximum absolute atomic E-state index is 12.1. The Labute approximate surface area is 136 Å². The van der Waals surface area contributed by atoms with Crippen molar-refractivity contribution in [1.29, 1.82) is 0 Å². The molecule has 126 valence electrons. The average Bonchev–Trinajstić information content (AvgIpc) is 2.45. The second-order valence-electron chi connectivity index (χ2n) is 6.89. The van der Waals surface area contributed by atoms with Crippen molar-refractivity contribution in [3.63, 3.8) is 0 Å². The molecule has 6 nitrogen and oxygen atoms in total. The number of hydrazine groups is 1. The lowest BCUT2D eigenvalue weighted by Gasteiger charge is -2.44. The highest BCUT2D eigenvalue weighted by Gasteiger charge is 2.41. The Morgan fingerprint density at radius 3 is 2.61 bits per heavy atom. The lowest BCUT2D eigenvalue weighted by atomic mass is 10.1. The van der Waals surface area contributed by atoms with Gasteiger partial charge in [-0.15, -0.1) is 0 Å². The molecule has 0 aliphatic carbocycles. The number of rotatable bonds is 2. The Bertz CT molecular complexity index is 537. The Kier molecular flexibility index (Phi) is 4.57. The van der Waals surface area contributed by atoms with Crippen molar-refractivity contribution in [2.75, 3.05) is 6.54 Å². The summed E-state index contributed by atoms with van der Waals surface area (Å²) in [6.07, 6.45) is 0.758. The Hall–Kier alpha value is -1.63. The van der Waals surface area contributed by atoms with Gasteiger partial charge in [0.25, 0.3) is 0 Å². The molecule has 1 aromatic rings. The van der Waals surface area contributed by atoms with Crippen LogP contribution in [0.4, 0.5) is 4.79 Å². The summed E-state index contributed by atoms with van der Waals surface area (Å²) in [4.78, 5) is 12.1. The van der Waals surface area contributed by atoms with Gasteiger partial charge in [0.15, 0.2) is 12.6 Å². The SMILES string of the molecule is CC(C)(C)OC(=O)N1CCC[C@H](C2OC(c3ccccc3)O2)N1. The molecule has 2 heterocycles. The summed E-state index contributed by atoms with van der Waals surface area (Å²) in [7, 11) is 0. The second-order valence-corrected chi connectivity index (χ2v) is 6.89. The van der Waals surface area contributed by atoms with E-state index in [0.717, 1.165) is 18.4 Å². The van der Waals surface area contributed by atoms with E-state index in [4.69, 9.17) is 14.2 Å². The number of amides is 1. The van der Waals surface area contributed by atoms with Gasteiger partial charge in [0, 0.05) is 12.1 Å². The van der Waals surface area contributed by atoms with Crippen LogP contribution in [-0.4, -0.2) is 35.6 Å². The van der Waals surface area contributed by atoms with Crippen LogP contribution in [0.5, 0.6) is 0 Å². The van der Waals surface area contributed by atoms with Gasteiger partial charge in [-0.3, -0.25) is 0 Å². The summed E-state index contributed by atoms with van der Waals surface area (Å²) in [6, 6.07) is 9.78. The predicted octanol–water partition coefficient (Wildman–Crippen LogP) is 2.96. The second kappa shape index (κ2) is 6.47. The minimum absolute atomic E-state index is 0.0452. The Balaban J connectivity index is 1.51. The Morgan fingerprint density at radius 2 is 1.96 bits per heavy atom. The van der Waals surface area contributed by atoms with Crippen LogP contribution < -0.4 is 5.43 Å². The molecule has 2 fully saturated rings. The normalized spacial score (nSPS) is 28.1. The lowest BCUT2D eigenvalue weighted by Crippen LogP contribution is -2.60. The van der Waals surface area contributed by atoms with Crippen LogP contribution in [0.15, 0.2) is 30.3 Å². The van der Waals surface area contributed by atoms with Crippen molar-refractivity contribution in [2.45, 2.75) is 57.8 Å². The van der Waals surface area contributed by atoms with Crippen molar-refractivity contribution < 1.29 is 19.0 Å². The lowest BCUT2D eigenvalue weighted by molar-refractivity contribution is -0.401. The molecular formula is C17H24N2O4. The van der Waals surface area contributed by atoms with Crippen molar-refractivity contribution in [2.24, 2.45) is 0 Å². The molecule has 6 heteroatoms. The third-order valence-corrected chi connectivity index (χ3v) is 3.75. The Morgan fingerprint density at radius 1 is 1.26 bits per heavy atom. The highest BCUT2D eigenvalue weighted by Crippen LogP contribution is 2.34. The van der Waals surface area contributed by atoms with Crippen molar-refractivity contribution in [3.05, 3.63) is 35.9 Å². The smallest absolute Gasteiger partial charge is 0.424 e. The first-order valence-electron chi connectivity index (χ1n) is 8.05. The molecule has 1 atom stereocenters. The molecule has 0 unspecified atom stereocenters. The monoisotopic (exact) mass is 320 g/mol. The van der Waals surface area contributed by atoms with Gasteiger partial charge in [0.2, 0.25) is 0 Å². The van der Waals surface area contributed by atoms with E-state index < -0.39 is 5.60 Å². The highest BCUT2D eigenvalue weighted by molar-refractivity contribution is 5.67. The zero-order valence-electron chi connectivity index (χ0n) is 13.8. The molecule has 3 rings (SSSR count). The summed E-state index contributed by atoms with van der Waals surface area (Å²) >= 11 is 0. The van der Waals surface area contributed by atoms with Gasteiger partial charge < -0.3 is 14.2 Å². The molecule has 2 aliphatic heterocycles. The van der Waals surface area contributed by atoms with Crippen LogP contribution in [-0.2, 0) is 14.2 Å². The maximum Gasteiger partial charge on any atom is 0.424 e. The van der Waals surface area contributed by atoms with Crippen LogP contribution >= 0.6 is 0 Å². The van der Waals surface area contributed by atoms with Crippen molar-refractivity contribution in [3.8, 4) is 0 Å². The maximum atomic E-state index is 12.1. The first-order valence-corrected chi connectivity index (χ1v) is 8.05. The number of hydrogen-bond acceptors (Lipinski definition) is 5. The van der Waals surface area contributed by atoms with Crippen LogP contribution in [0.3, 0.4) is 0 Å². The number of ether oxygens (including phenoxy) is 3. The molecular weight excluding hydrogens is 296 g/mol. The minimum atomic E-state index is -0.506. The van der Waals surface area contributed by atoms with Gasteiger partial charge in [-0.05, 0) is 33.6 Å². The number of nitrogens with one attached hydrogen (secondary N) is 1. The molecule has 1 amide bonds. The highest BCUT2D eigenvalue weighted by atomic mass is 16.9. The van der Waals surface area contributed by atoms with Crippen LogP contribution in [0, 0.1) is 0 Å². The van der Waals surface area contributed by atoms with Gasteiger partial charge in [0.05, 0.1) is 6.04 Å². The third-order valence-electron chi connectivity index (χ3n) is 3.75. The van der Waals surface area contributed by atoms with Crippen LogP contribution in [0.1, 0.15) is 45.5 Å². The standard InChI is InChI=1S/C17H24N2O4/c1-17(2,3)23-16(20)19-11-7-10-13(18-19)15-21-14(22-15)12-8-5-4-6-9-12/h4-6,8-9,13-15,18H,7,10-11H2,1-3H3/t13-,14?,15?/m1/s1. The van der Waals surface area contributed by atoms with Gasteiger partial charge in [-0.2, -0.15) is 0 Å². The number of carbonyl (C=O) groups is 1. The summed E-state index contributed by atoms with van der Waals surface area (Å²) in [5.41, 5.74) is 3.66. The number of hydrogen-bond donors (Lipinski definition) is 1. The first kappa shape index (κ1) is 16.2. The zero-order valence-corrected chi connectivity index (χ0v) is 13.8. The third kappa shape index (κ3) is 4.02. The molecule has 2 saturated heterocycles. The molecule has 0 spiro atoms. The van der Waals surface area contributed by atoms with Crippen molar-refractivity contribution >= 4 is 6.09 Å². The van der Waals surface area contributed by atoms with Gasteiger partial charge in [-0.1, -0.05) is 30.3 Å². The summed E-state index contributed by atoms with van der Waals surface area (Å²) in [6.45, 7) is 6.19. The molecule has 23 heavy (non-hydrogen) atoms. The molecule has 2 aliphatic rings. The number of carbonyl (C=O) groups excluding carboxylic acids is 1. The zero-order chi connectivity index (χ0) is 16.4. The van der Waals surface area contributed by atoms with E-state index in [1.807, 2.05) is 51.1 Å². The number of benzene rings is 1. The molecule has 1 N–H and O–H groups in total. The average molecular weight is 320 g/mol. The van der Waals surface area contributed by atoms with Gasteiger partial charge in [-0.25, -0.2) is 15.2 Å². The van der Waals surface area contributed by atoms with E-state index in [2.05, 4.69) is 5.43 Å². The van der Waals surface area contributed by atoms with E-state index in [1.54, 1.807) is 0 Å². The quantitative estimate of drug-likeness (QED) is 0.908. The minimum Gasteiger partial charge on any atom is -0.443 e. The van der Waals surface area contributed by atoms with E-state index in [9.17, 15) is 4.79 Å². The molecule has 1 aromatic carbocycles. The fraction of sp³-hybridized carbons (Fsp3) is 0.588. The van der Waals surface area contributed by atoms with Gasteiger partial charge >= 0.3 is 6.09 Å². The topological polar surface area (TPSA) is 60.0 Å². The number of nitrogens with zero attached hydrogens (tertiary/aromatic N) is 1. The largest absolute Gasteiger partial charge is 0.443 e. The van der Waals surface area contributed by atoms with E-state index in [-0.39, 0.29) is 24.7 Å². The van der Waals surface area contributed by atoms with Crippen LogP contribution in [0.2, 0.25) is 0 Å². The van der Waals surface area contributed by atoms with Crippen molar-refractivity contribution in [1.82, 2.24) is 10.4 Å². The summed E-state index contributed by atoms with van der Waals surface area (Å²) in [5.74, 6) is 0. The molecule has 0 radical (unpaired) electrons. The first-order chi connectivity index (χ1) is 10.9. The fourth-order valence-corrected chi connectivity index (χ4v) is 2.67. The van der Waals surface area contributed by atoms with Gasteiger partial charge in [0.1, 0.15) is 5.60 Å². The van der Waals surface area contributed by atoms with Crippen LogP contribution in [0.25, 0.3) is 0 Å². The van der Waals surface area contributed by atoms with E-state index in [1.165, 1.54) is 5.01 Å². The fourth-order valence-electron chi connectivity index (χ4n) is 2.67. The van der Waals surface area contributed by atoms with E-state index in [0.29, 0.717) is 6.54 Å². The molecule has 0 saturated carbocycles. The van der Waals surface area contributed by atoms with E-state index >= 15 is 0 Å². The molecule has 0 bridgehead atoms. The summed E-state index contributed by atoms with van der Waals surface area (Å²) in [5, 5.41) is 1.52.